The summed E-state index contributed by atoms with van der Waals surface area (Å²) < 4.78 is 1.20. The van der Waals surface area contributed by atoms with Gasteiger partial charge in [-0.25, -0.2) is 4.79 Å². The Labute approximate surface area is 125 Å². The Morgan fingerprint density at radius 1 is 1.23 bits per heavy atom. The minimum absolute atomic E-state index is 0.142. The van der Waals surface area contributed by atoms with Crippen LogP contribution in [0.5, 0.6) is 0 Å². The molecule has 118 valence electrons. The van der Waals surface area contributed by atoms with Crippen molar-refractivity contribution in [2.24, 2.45) is 0 Å². The second-order valence-corrected chi connectivity index (χ2v) is 5.54. The molecule has 0 radical (unpaired) electrons. The fourth-order valence-electron chi connectivity index (χ4n) is 2.22. The minimum atomic E-state index is -0.931. The fraction of sp³-hybridized carbons (Fsp3) is 0.462. The molecule has 1 aromatic heterocycles. The van der Waals surface area contributed by atoms with E-state index in [9.17, 15) is 24.5 Å². The lowest BCUT2D eigenvalue weighted by Gasteiger charge is -2.16. The number of aryl methyl sites for hydroxylation is 1. The number of urea groups is 1. The lowest BCUT2D eigenvalue weighted by molar-refractivity contribution is -0.385. The average Bonchev–Trinajstić information content (AvgIpc) is 2.62. The number of pyridine rings is 1. The van der Waals surface area contributed by atoms with E-state index < -0.39 is 16.5 Å². The molecule has 2 rings (SSSR count). The van der Waals surface area contributed by atoms with Crippen LogP contribution >= 0.6 is 0 Å². The summed E-state index contributed by atoms with van der Waals surface area (Å²) in [6.45, 7) is 3.54. The SMILES string of the molecule is CC1(C)NC(=O)N(CCCn2cc([N+](=O)[O-])ccc2=O)C1=O. The van der Waals surface area contributed by atoms with Crippen LogP contribution in [0, 0.1) is 10.1 Å². The van der Waals surface area contributed by atoms with Gasteiger partial charge in [0.1, 0.15) is 5.54 Å². The molecule has 0 spiro atoms. The van der Waals surface area contributed by atoms with Gasteiger partial charge >= 0.3 is 6.03 Å². The summed E-state index contributed by atoms with van der Waals surface area (Å²) in [5, 5.41) is 13.2. The number of nitrogens with one attached hydrogen (secondary N) is 1. The molecule has 0 unspecified atom stereocenters. The second-order valence-electron chi connectivity index (χ2n) is 5.54. The van der Waals surface area contributed by atoms with Crippen molar-refractivity contribution >= 4 is 17.6 Å². The van der Waals surface area contributed by atoms with Gasteiger partial charge in [-0.15, -0.1) is 0 Å². The van der Waals surface area contributed by atoms with E-state index in [0.717, 1.165) is 23.2 Å². The number of aromatic nitrogens is 1. The number of carbonyl (C=O) groups is 2. The monoisotopic (exact) mass is 308 g/mol. The number of hydrogen-bond acceptors (Lipinski definition) is 5. The summed E-state index contributed by atoms with van der Waals surface area (Å²) in [5.74, 6) is -0.330. The number of hydrogen-bond donors (Lipinski definition) is 1. The van der Waals surface area contributed by atoms with E-state index in [-0.39, 0.29) is 30.2 Å². The van der Waals surface area contributed by atoms with Gasteiger partial charge < -0.3 is 9.88 Å². The zero-order valence-corrected chi connectivity index (χ0v) is 12.2. The van der Waals surface area contributed by atoms with Gasteiger partial charge in [-0.3, -0.25) is 24.6 Å². The van der Waals surface area contributed by atoms with Crippen LogP contribution in [-0.4, -0.2) is 38.4 Å². The third-order valence-corrected chi connectivity index (χ3v) is 3.40. The van der Waals surface area contributed by atoms with Crippen molar-refractivity contribution in [2.45, 2.75) is 32.4 Å². The van der Waals surface area contributed by atoms with Gasteiger partial charge in [0.05, 0.1) is 11.1 Å². The Bertz CT molecular complexity index is 694. The van der Waals surface area contributed by atoms with Crippen LogP contribution in [0.4, 0.5) is 10.5 Å². The zero-order chi connectivity index (χ0) is 16.5. The summed E-state index contributed by atoms with van der Waals surface area (Å²) in [6, 6.07) is 1.79. The van der Waals surface area contributed by atoms with E-state index >= 15 is 0 Å². The number of amides is 3. The van der Waals surface area contributed by atoms with Crippen molar-refractivity contribution in [3.63, 3.8) is 0 Å². The standard InChI is InChI=1S/C13H16N4O5/c1-13(2)11(19)16(12(20)14-13)7-3-6-15-8-9(17(21)22)4-5-10(15)18/h4-5,8H,3,6-7H2,1-2H3,(H,14,20). The maximum Gasteiger partial charge on any atom is 0.325 e. The first-order valence-electron chi connectivity index (χ1n) is 6.71. The van der Waals surface area contributed by atoms with Crippen LogP contribution in [0.15, 0.2) is 23.1 Å². The van der Waals surface area contributed by atoms with Crippen molar-refractivity contribution in [1.82, 2.24) is 14.8 Å². The first-order valence-corrected chi connectivity index (χ1v) is 6.71. The van der Waals surface area contributed by atoms with Crippen LogP contribution in [0.25, 0.3) is 0 Å². The number of rotatable bonds is 5. The Balaban J connectivity index is 2.02. The molecular weight excluding hydrogens is 292 g/mol. The predicted octanol–water partition coefficient (Wildman–Crippen LogP) is 0.477. The summed E-state index contributed by atoms with van der Waals surface area (Å²) in [7, 11) is 0. The van der Waals surface area contributed by atoms with Gasteiger partial charge in [0, 0.05) is 25.2 Å². The maximum atomic E-state index is 12.0. The molecule has 0 aromatic carbocycles. The van der Waals surface area contributed by atoms with Crippen molar-refractivity contribution in [3.05, 3.63) is 38.8 Å². The summed E-state index contributed by atoms with van der Waals surface area (Å²) in [6.07, 6.45) is 1.48. The molecular formula is C13H16N4O5. The van der Waals surface area contributed by atoms with Gasteiger partial charge in [0.15, 0.2) is 0 Å². The number of carbonyl (C=O) groups excluding carboxylic acids is 2. The lowest BCUT2D eigenvalue weighted by atomic mass is 10.1. The molecule has 0 bridgehead atoms. The quantitative estimate of drug-likeness (QED) is 0.482. The first kappa shape index (κ1) is 15.7. The minimum Gasteiger partial charge on any atom is -0.324 e. The zero-order valence-electron chi connectivity index (χ0n) is 12.2. The Morgan fingerprint density at radius 2 is 1.91 bits per heavy atom. The van der Waals surface area contributed by atoms with E-state index in [1.807, 2.05) is 0 Å². The highest BCUT2D eigenvalue weighted by Gasteiger charge is 2.43. The molecule has 1 saturated heterocycles. The van der Waals surface area contributed by atoms with Gasteiger partial charge in [-0.1, -0.05) is 0 Å². The molecule has 1 N–H and O–H groups in total. The Morgan fingerprint density at radius 3 is 2.45 bits per heavy atom. The first-order chi connectivity index (χ1) is 10.2. The lowest BCUT2D eigenvalue weighted by Crippen LogP contribution is -2.40. The molecule has 1 aliphatic heterocycles. The van der Waals surface area contributed by atoms with Gasteiger partial charge in [0.25, 0.3) is 17.2 Å². The highest BCUT2D eigenvalue weighted by molar-refractivity contribution is 6.06. The van der Waals surface area contributed by atoms with Gasteiger partial charge in [0.2, 0.25) is 0 Å². The molecule has 0 atom stereocenters. The molecule has 1 fully saturated rings. The Kier molecular flexibility index (Phi) is 3.98. The fourth-order valence-corrected chi connectivity index (χ4v) is 2.22. The van der Waals surface area contributed by atoms with Gasteiger partial charge in [-0.2, -0.15) is 0 Å². The van der Waals surface area contributed by atoms with E-state index in [0.29, 0.717) is 6.42 Å². The molecule has 22 heavy (non-hydrogen) atoms. The molecule has 2 heterocycles. The van der Waals surface area contributed by atoms with Crippen LogP contribution in [-0.2, 0) is 11.3 Å². The van der Waals surface area contributed by atoms with E-state index in [4.69, 9.17) is 0 Å². The third-order valence-electron chi connectivity index (χ3n) is 3.40. The van der Waals surface area contributed by atoms with E-state index in [1.54, 1.807) is 13.8 Å². The molecule has 0 aliphatic carbocycles. The smallest absolute Gasteiger partial charge is 0.324 e. The summed E-state index contributed by atoms with van der Waals surface area (Å²) >= 11 is 0. The summed E-state index contributed by atoms with van der Waals surface area (Å²) in [5.41, 5.74) is -1.49. The molecule has 0 saturated carbocycles. The van der Waals surface area contributed by atoms with Crippen molar-refractivity contribution < 1.29 is 14.5 Å². The number of nitrogens with zero attached hydrogens (tertiary/aromatic N) is 3. The largest absolute Gasteiger partial charge is 0.325 e. The maximum absolute atomic E-state index is 12.0. The molecule has 9 nitrogen and oxygen atoms in total. The van der Waals surface area contributed by atoms with Crippen LogP contribution in [0.3, 0.4) is 0 Å². The highest BCUT2D eigenvalue weighted by atomic mass is 16.6. The van der Waals surface area contributed by atoms with Crippen molar-refractivity contribution in [1.29, 1.82) is 0 Å². The van der Waals surface area contributed by atoms with Crippen molar-refractivity contribution in [3.8, 4) is 0 Å². The number of imide groups is 1. The predicted molar refractivity (Wildman–Crippen MR) is 76.3 cm³/mol. The molecule has 9 heteroatoms. The second kappa shape index (κ2) is 5.58. The van der Waals surface area contributed by atoms with Crippen molar-refractivity contribution in [2.75, 3.05) is 6.54 Å². The summed E-state index contributed by atoms with van der Waals surface area (Å²) in [4.78, 5) is 46.5. The Hall–Kier alpha value is -2.71. The number of nitro groups is 1. The highest BCUT2D eigenvalue weighted by Crippen LogP contribution is 2.16. The normalized spacial score (nSPS) is 16.7. The molecule has 1 aliphatic rings. The van der Waals surface area contributed by atoms with E-state index in [1.165, 1.54) is 4.57 Å². The van der Waals surface area contributed by atoms with Crippen LogP contribution in [0.2, 0.25) is 0 Å². The molecule has 1 aromatic rings. The van der Waals surface area contributed by atoms with E-state index in [2.05, 4.69) is 5.32 Å². The van der Waals surface area contributed by atoms with Crippen LogP contribution in [0.1, 0.15) is 20.3 Å². The topological polar surface area (TPSA) is 115 Å². The van der Waals surface area contributed by atoms with Gasteiger partial charge in [-0.05, 0) is 20.3 Å². The molecule has 3 amide bonds. The average molecular weight is 308 g/mol. The third kappa shape index (κ3) is 2.97. The van der Waals surface area contributed by atoms with Crippen LogP contribution < -0.4 is 10.9 Å².